The molecule has 0 unspecified atom stereocenters. The summed E-state index contributed by atoms with van der Waals surface area (Å²) in [5.74, 6) is -0.0308. The Labute approximate surface area is 147 Å². The molecule has 2 heterocycles. The number of rotatable bonds is 5. The van der Waals surface area contributed by atoms with Crippen LogP contribution in [0.3, 0.4) is 0 Å². The van der Waals surface area contributed by atoms with E-state index in [9.17, 15) is 4.79 Å². The Morgan fingerprint density at radius 1 is 1.29 bits per heavy atom. The van der Waals surface area contributed by atoms with Gasteiger partial charge in [0.05, 0.1) is 0 Å². The van der Waals surface area contributed by atoms with Crippen LogP contribution in [0.25, 0.3) is 0 Å². The lowest BCUT2D eigenvalue weighted by molar-refractivity contribution is 0.0569. The van der Waals surface area contributed by atoms with E-state index in [2.05, 4.69) is 51.7 Å². The minimum Gasteiger partial charge on any atom is -0.340 e. The third-order valence-electron chi connectivity index (χ3n) is 4.86. The first-order valence-electron chi connectivity index (χ1n) is 8.35. The van der Waals surface area contributed by atoms with E-state index in [1.807, 2.05) is 7.05 Å². The Morgan fingerprint density at radius 2 is 2.00 bits per heavy atom. The molecule has 3 rings (SSSR count). The van der Waals surface area contributed by atoms with E-state index in [0.29, 0.717) is 5.69 Å². The normalized spacial score (nSPS) is 17.6. The second kappa shape index (κ2) is 7.40. The molecule has 1 fully saturated rings. The van der Waals surface area contributed by atoms with E-state index < -0.39 is 0 Å². The minimum atomic E-state index is -0.0308. The van der Waals surface area contributed by atoms with Crippen LogP contribution in [0.5, 0.6) is 0 Å². The van der Waals surface area contributed by atoms with Gasteiger partial charge in [-0.1, -0.05) is 41.7 Å². The van der Waals surface area contributed by atoms with Crippen LogP contribution in [-0.4, -0.2) is 52.0 Å². The largest absolute Gasteiger partial charge is 0.340 e. The monoisotopic (exact) mass is 344 g/mol. The molecule has 6 heteroatoms. The third-order valence-corrected chi connectivity index (χ3v) is 5.36. The first-order chi connectivity index (χ1) is 11.6. The lowest BCUT2D eigenvalue weighted by atomic mass is 9.79. The van der Waals surface area contributed by atoms with Crippen LogP contribution in [0.15, 0.2) is 35.7 Å². The van der Waals surface area contributed by atoms with E-state index >= 15 is 0 Å². The molecule has 0 bridgehead atoms. The van der Waals surface area contributed by atoms with Crippen LogP contribution >= 0.6 is 11.5 Å². The number of carbonyl (C=O) groups excluding carboxylic acids is 1. The highest BCUT2D eigenvalue weighted by atomic mass is 32.1. The van der Waals surface area contributed by atoms with Crippen molar-refractivity contribution < 1.29 is 4.79 Å². The van der Waals surface area contributed by atoms with Crippen molar-refractivity contribution >= 4 is 17.4 Å². The zero-order valence-electron chi connectivity index (χ0n) is 14.3. The number of aromatic nitrogens is 2. The molecule has 1 aromatic heterocycles. The highest BCUT2D eigenvalue weighted by Crippen LogP contribution is 2.32. The molecule has 128 valence electrons. The van der Waals surface area contributed by atoms with Crippen LogP contribution in [-0.2, 0) is 6.54 Å². The van der Waals surface area contributed by atoms with Crippen molar-refractivity contribution in [1.82, 2.24) is 19.4 Å². The van der Waals surface area contributed by atoms with Crippen LogP contribution < -0.4 is 0 Å². The summed E-state index contributed by atoms with van der Waals surface area (Å²) in [6.45, 7) is 6.21. The quantitative estimate of drug-likeness (QED) is 0.837. The Balaban J connectivity index is 1.52. The molecule has 0 aliphatic carbocycles. The number of benzene rings is 1. The van der Waals surface area contributed by atoms with Crippen molar-refractivity contribution in [3.05, 3.63) is 47.0 Å². The first kappa shape index (κ1) is 17.0. The zero-order valence-corrected chi connectivity index (χ0v) is 15.1. The molecule has 2 aromatic rings. The van der Waals surface area contributed by atoms with Crippen LogP contribution in [0, 0.1) is 5.41 Å². The van der Waals surface area contributed by atoms with E-state index in [1.54, 1.807) is 10.3 Å². The molecular formula is C18H24N4OS. The van der Waals surface area contributed by atoms with Gasteiger partial charge in [-0.25, -0.2) is 0 Å². The van der Waals surface area contributed by atoms with Gasteiger partial charge in [0, 0.05) is 25.5 Å². The number of hydrogen-bond donors (Lipinski definition) is 0. The predicted molar refractivity (Wildman–Crippen MR) is 95.9 cm³/mol. The summed E-state index contributed by atoms with van der Waals surface area (Å²) >= 11 is 1.22. The van der Waals surface area contributed by atoms with Gasteiger partial charge in [-0.15, -0.1) is 5.10 Å². The number of likely N-dealkylation sites (tertiary alicyclic amines) is 1. The molecule has 24 heavy (non-hydrogen) atoms. The molecule has 1 saturated heterocycles. The molecule has 0 atom stereocenters. The molecule has 0 N–H and O–H groups in total. The molecule has 1 aliphatic heterocycles. The molecule has 1 amide bonds. The summed E-state index contributed by atoms with van der Waals surface area (Å²) in [5.41, 5.74) is 1.98. The predicted octanol–water partition coefficient (Wildman–Crippen LogP) is 2.91. The van der Waals surface area contributed by atoms with Gasteiger partial charge in [-0.2, -0.15) is 0 Å². The molecule has 5 nitrogen and oxygen atoms in total. The van der Waals surface area contributed by atoms with Gasteiger partial charge in [-0.3, -0.25) is 9.69 Å². The maximum absolute atomic E-state index is 12.3. The Kier molecular flexibility index (Phi) is 5.26. The molecule has 0 saturated carbocycles. The highest BCUT2D eigenvalue weighted by Gasteiger charge is 2.32. The molecule has 0 spiro atoms. The smallest absolute Gasteiger partial charge is 0.275 e. The van der Waals surface area contributed by atoms with Crippen molar-refractivity contribution in [2.75, 3.05) is 26.7 Å². The molecule has 1 aromatic carbocycles. The number of nitrogens with zero attached hydrogens (tertiary/aromatic N) is 4. The fourth-order valence-electron chi connectivity index (χ4n) is 3.35. The molecule has 0 radical (unpaired) electrons. The van der Waals surface area contributed by atoms with Gasteiger partial charge >= 0.3 is 0 Å². The van der Waals surface area contributed by atoms with Gasteiger partial charge in [-0.05, 0) is 48.4 Å². The third kappa shape index (κ3) is 4.19. The van der Waals surface area contributed by atoms with Crippen molar-refractivity contribution in [1.29, 1.82) is 0 Å². The fourth-order valence-corrected chi connectivity index (χ4v) is 3.78. The minimum absolute atomic E-state index is 0.0308. The number of piperidine rings is 1. The maximum Gasteiger partial charge on any atom is 0.275 e. The average Bonchev–Trinajstić information content (AvgIpc) is 3.12. The van der Waals surface area contributed by atoms with E-state index in [4.69, 9.17) is 0 Å². The van der Waals surface area contributed by atoms with Gasteiger partial charge < -0.3 is 4.90 Å². The second-order valence-corrected chi connectivity index (χ2v) is 7.63. The summed E-state index contributed by atoms with van der Waals surface area (Å²) in [7, 11) is 1.86. The van der Waals surface area contributed by atoms with Crippen LogP contribution in [0.2, 0.25) is 0 Å². The summed E-state index contributed by atoms with van der Waals surface area (Å²) in [6, 6.07) is 10.6. The van der Waals surface area contributed by atoms with Gasteiger partial charge in [0.15, 0.2) is 5.69 Å². The number of hydrogen-bond acceptors (Lipinski definition) is 5. The Morgan fingerprint density at radius 3 is 2.62 bits per heavy atom. The fraction of sp³-hybridized carbons (Fsp3) is 0.500. The van der Waals surface area contributed by atoms with E-state index in [-0.39, 0.29) is 11.3 Å². The van der Waals surface area contributed by atoms with Crippen LogP contribution in [0.4, 0.5) is 0 Å². The van der Waals surface area contributed by atoms with E-state index in [0.717, 1.165) is 39.0 Å². The molecule has 1 aliphatic rings. The van der Waals surface area contributed by atoms with Crippen LogP contribution in [0.1, 0.15) is 35.8 Å². The van der Waals surface area contributed by atoms with Crippen molar-refractivity contribution in [3.8, 4) is 0 Å². The highest BCUT2D eigenvalue weighted by molar-refractivity contribution is 7.03. The van der Waals surface area contributed by atoms with Gasteiger partial charge in [0.25, 0.3) is 5.91 Å². The topological polar surface area (TPSA) is 49.3 Å². The Bertz CT molecular complexity index is 651. The maximum atomic E-state index is 12.3. The zero-order chi connectivity index (χ0) is 17.0. The second-order valence-electron chi connectivity index (χ2n) is 7.02. The number of carbonyl (C=O) groups is 1. The standard InChI is InChI=1S/C18H24N4OS/c1-18(14-21(2)17(23)16-13-24-20-19-16)8-10-22(11-9-18)12-15-6-4-3-5-7-15/h3-7,13H,8-12,14H2,1-2H3. The Hall–Kier alpha value is -1.79. The number of amides is 1. The van der Waals surface area contributed by atoms with Crippen molar-refractivity contribution in [2.24, 2.45) is 5.41 Å². The SMILES string of the molecule is CN(CC1(C)CCN(Cc2ccccc2)CC1)C(=O)c1csnn1. The summed E-state index contributed by atoms with van der Waals surface area (Å²) < 4.78 is 3.78. The summed E-state index contributed by atoms with van der Waals surface area (Å²) in [4.78, 5) is 16.6. The van der Waals surface area contributed by atoms with Crippen molar-refractivity contribution in [2.45, 2.75) is 26.3 Å². The lowest BCUT2D eigenvalue weighted by Gasteiger charge is -2.41. The van der Waals surface area contributed by atoms with Crippen molar-refractivity contribution in [3.63, 3.8) is 0 Å². The van der Waals surface area contributed by atoms with Gasteiger partial charge in [0.1, 0.15) is 0 Å². The lowest BCUT2D eigenvalue weighted by Crippen LogP contribution is -2.45. The van der Waals surface area contributed by atoms with Gasteiger partial charge in [0.2, 0.25) is 0 Å². The first-order valence-corrected chi connectivity index (χ1v) is 9.18. The average molecular weight is 344 g/mol. The summed E-state index contributed by atoms with van der Waals surface area (Å²) in [6.07, 6.45) is 2.21. The molecular weight excluding hydrogens is 320 g/mol. The summed E-state index contributed by atoms with van der Waals surface area (Å²) in [5, 5.41) is 5.59. The van der Waals surface area contributed by atoms with E-state index in [1.165, 1.54) is 17.1 Å².